The molecular weight excluding hydrogens is 553 g/mol. The van der Waals surface area contributed by atoms with Crippen LogP contribution in [0.2, 0.25) is 0 Å². The molecule has 2 amide bonds. The number of benzene rings is 2. The van der Waals surface area contributed by atoms with Crippen LogP contribution in [0.15, 0.2) is 59.5 Å². The van der Waals surface area contributed by atoms with Crippen LogP contribution in [0.1, 0.15) is 72.1 Å². The van der Waals surface area contributed by atoms with Crippen LogP contribution in [0, 0.1) is 11.8 Å². The summed E-state index contributed by atoms with van der Waals surface area (Å²) in [5, 5.41) is 22.2. The highest BCUT2D eigenvalue weighted by Crippen LogP contribution is 2.36. The van der Waals surface area contributed by atoms with E-state index in [4.69, 9.17) is 0 Å². The fourth-order valence-electron chi connectivity index (χ4n) is 6.34. The molecule has 11 heteroatoms. The molecule has 228 valence electrons. The molecule has 1 unspecified atom stereocenters. The first-order valence-electron chi connectivity index (χ1n) is 15.2. The normalized spacial score (nSPS) is 21.4. The molecule has 4 rings (SSSR count). The Kier molecular flexibility index (Phi) is 10.5. The Labute approximate surface area is 250 Å². The summed E-state index contributed by atoms with van der Waals surface area (Å²) in [7, 11) is -5.80. The van der Waals surface area contributed by atoms with E-state index in [-0.39, 0.29) is 29.7 Å². The lowest BCUT2D eigenvalue weighted by atomic mass is 9.77. The highest BCUT2D eigenvalue weighted by Gasteiger charge is 2.54. The number of hydrogen-bond acceptors (Lipinski definition) is 6. The summed E-state index contributed by atoms with van der Waals surface area (Å²) in [4.78, 5) is 29.4. The van der Waals surface area contributed by atoms with Crippen molar-refractivity contribution in [1.29, 1.82) is 0 Å². The first-order chi connectivity index (χ1) is 20.0. The highest BCUT2D eigenvalue weighted by molar-refractivity contribution is 7.89. The maximum atomic E-state index is 14.2. The van der Waals surface area contributed by atoms with Crippen LogP contribution in [0.4, 0.5) is 0 Å². The number of amides is 2. The van der Waals surface area contributed by atoms with Crippen LogP contribution in [0.25, 0.3) is 11.1 Å². The molecule has 42 heavy (non-hydrogen) atoms. The molecule has 1 saturated heterocycles. The summed E-state index contributed by atoms with van der Waals surface area (Å²) in [5.74, 6) is -1.84. The first kappa shape index (κ1) is 32.2. The maximum absolute atomic E-state index is 14.2. The van der Waals surface area contributed by atoms with Crippen LogP contribution >= 0.6 is 0 Å². The van der Waals surface area contributed by atoms with Crippen LogP contribution in [-0.2, 0) is 19.6 Å². The lowest BCUT2D eigenvalue weighted by Crippen LogP contribution is -2.60. The Bertz CT molecular complexity index is 1320. The Hall–Kier alpha value is -2.73. The summed E-state index contributed by atoms with van der Waals surface area (Å²) in [6.07, 6.45) is 6.20. The third-order valence-corrected chi connectivity index (χ3v) is 10.6. The van der Waals surface area contributed by atoms with Crippen molar-refractivity contribution in [2.24, 2.45) is 11.8 Å². The predicted octanol–water partition coefficient (Wildman–Crippen LogP) is 3.50. The number of carbonyl (C=O) groups is 2. The van der Waals surface area contributed by atoms with Gasteiger partial charge in [0.25, 0.3) is 0 Å². The van der Waals surface area contributed by atoms with Crippen molar-refractivity contribution in [2.45, 2.75) is 94.6 Å². The molecule has 1 aliphatic heterocycles. The monoisotopic (exact) mass is 597 g/mol. The molecule has 0 radical (unpaired) electrons. The van der Waals surface area contributed by atoms with Crippen LogP contribution in [-0.4, -0.2) is 66.4 Å². The molecule has 0 bridgehead atoms. The topological polar surface area (TPSA) is 136 Å². The molecule has 1 saturated carbocycles. The molecule has 4 N–H and O–H groups in total. The van der Waals surface area contributed by atoms with Gasteiger partial charge in [0.05, 0.1) is 10.8 Å². The maximum Gasteiger partial charge on any atom is 0.475 e. The molecular formula is C31H44BN3O6S. The summed E-state index contributed by atoms with van der Waals surface area (Å²) in [6.45, 7) is 5.59. The summed E-state index contributed by atoms with van der Waals surface area (Å²) in [5.41, 5.74) is 0.435. The fourth-order valence-corrected chi connectivity index (χ4v) is 7.86. The van der Waals surface area contributed by atoms with Gasteiger partial charge in [-0.1, -0.05) is 95.3 Å². The summed E-state index contributed by atoms with van der Waals surface area (Å²) >= 11 is 0. The highest BCUT2D eigenvalue weighted by atomic mass is 32.2. The number of nitrogens with one attached hydrogen (secondary N) is 2. The van der Waals surface area contributed by atoms with Crippen molar-refractivity contribution in [2.75, 3.05) is 6.54 Å². The summed E-state index contributed by atoms with van der Waals surface area (Å²) in [6, 6.07) is 15.4. The standard InChI is InChI=1S/C31H44BN3O6S/c1-4-28(32(38)39)33-29(36)27(21-23-11-7-5-8-12-23)35-20-19-31(22(2)3,30(35)37)34-42(40,41)26-17-15-25(16-18-26)24-13-9-6-10-14-24/h6,9-10,13-18,22-23,27-28,34,38-39H,4-5,7-8,11-12,19-21H2,1-3H3,(H,33,36)/t27-,28-,31?/m0/s1. The number of sulfonamides is 1. The van der Waals surface area contributed by atoms with Crippen molar-refractivity contribution in [3.63, 3.8) is 0 Å². The van der Waals surface area contributed by atoms with Gasteiger partial charge in [-0.15, -0.1) is 0 Å². The van der Waals surface area contributed by atoms with E-state index in [9.17, 15) is 28.1 Å². The minimum Gasteiger partial charge on any atom is -0.426 e. The molecule has 9 nitrogen and oxygen atoms in total. The second kappa shape index (κ2) is 13.7. The molecule has 0 aromatic heterocycles. The fraction of sp³-hybridized carbons (Fsp3) is 0.548. The van der Waals surface area contributed by atoms with E-state index in [1.54, 1.807) is 31.2 Å². The molecule has 2 aromatic carbocycles. The van der Waals surface area contributed by atoms with Crippen molar-refractivity contribution in [1.82, 2.24) is 14.9 Å². The molecule has 1 heterocycles. The van der Waals surface area contributed by atoms with Crippen molar-refractivity contribution < 1.29 is 28.1 Å². The van der Waals surface area contributed by atoms with Crippen molar-refractivity contribution >= 4 is 29.0 Å². The van der Waals surface area contributed by atoms with Gasteiger partial charge in [0.2, 0.25) is 21.8 Å². The van der Waals surface area contributed by atoms with Crippen molar-refractivity contribution in [3.8, 4) is 11.1 Å². The molecule has 0 spiro atoms. The predicted molar refractivity (Wildman–Crippen MR) is 163 cm³/mol. The SMILES string of the molecule is CC[C@H](NC(=O)[C@H](CC1CCCCC1)N1CCC(NS(=O)(=O)c2ccc(-c3ccccc3)cc2)(C(C)C)C1=O)B(O)O. The second-order valence-electron chi connectivity index (χ2n) is 12.1. The number of rotatable bonds is 12. The number of carbonyl (C=O) groups excluding carboxylic acids is 2. The summed E-state index contributed by atoms with van der Waals surface area (Å²) < 4.78 is 30.1. The van der Waals surface area contributed by atoms with Gasteiger partial charge in [0.15, 0.2) is 0 Å². The van der Waals surface area contributed by atoms with Gasteiger partial charge in [-0.05, 0) is 54.4 Å². The number of hydrogen-bond donors (Lipinski definition) is 4. The zero-order chi connectivity index (χ0) is 30.5. The average Bonchev–Trinajstić information content (AvgIpc) is 3.31. The van der Waals surface area contributed by atoms with Gasteiger partial charge in [-0.25, -0.2) is 8.42 Å². The lowest BCUT2D eigenvalue weighted by molar-refractivity contribution is -0.142. The zero-order valence-corrected chi connectivity index (χ0v) is 25.6. The minimum atomic E-state index is -4.07. The lowest BCUT2D eigenvalue weighted by Gasteiger charge is -2.36. The van der Waals surface area contributed by atoms with E-state index in [2.05, 4.69) is 10.0 Å². The van der Waals surface area contributed by atoms with Gasteiger partial charge >= 0.3 is 7.12 Å². The minimum absolute atomic E-state index is 0.0627. The van der Waals surface area contributed by atoms with Gasteiger partial charge < -0.3 is 20.3 Å². The Morgan fingerprint density at radius 3 is 2.21 bits per heavy atom. The zero-order valence-electron chi connectivity index (χ0n) is 24.8. The quantitative estimate of drug-likeness (QED) is 0.277. The number of likely N-dealkylation sites (tertiary alicyclic amines) is 1. The van der Waals surface area contributed by atoms with E-state index in [1.807, 2.05) is 44.2 Å². The smallest absolute Gasteiger partial charge is 0.426 e. The van der Waals surface area contributed by atoms with E-state index in [0.717, 1.165) is 43.2 Å². The van der Waals surface area contributed by atoms with Crippen molar-refractivity contribution in [3.05, 3.63) is 54.6 Å². The van der Waals surface area contributed by atoms with Crippen LogP contribution < -0.4 is 10.0 Å². The van der Waals surface area contributed by atoms with E-state index >= 15 is 0 Å². The molecule has 2 aromatic rings. The second-order valence-corrected chi connectivity index (χ2v) is 13.7. The third-order valence-electron chi connectivity index (χ3n) is 9.05. The van der Waals surface area contributed by atoms with Gasteiger partial charge in [-0.3, -0.25) is 9.59 Å². The van der Waals surface area contributed by atoms with Crippen LogP contribution in [0.5, 0.6) is 0 Å². The average molecular weight is 598 g/mol. The van der Waals surface area contributed by atoms with E-state index in [0.29, 0.717) is 12.8 Å². The van der Waals surface area contributed by atoms with Gasteiger partial charge in [-0.2, -0.15) is 4.72 Å². The third kappa shape index (κ3) is 7.07. The Morgan fingerprint density at radius 2 is 1.64 bits per heavy atom. The molecule has 2 aliphatic rings. The van der Waals surface area contributed by atoms with Gasteiger partial charge in [0, 0.05) is 6.54 Å². The molecule has 1 aliphatic carbocycles. The Morgan fingerprint density at radius 1 is 1.02 bits per heavy atom. The Balaban J connectivity index is 1.59. The first-order valence-corrected chi connectivity index (χ1v) is 16.6. The van der Waals surface area contributed by atoms with E-state index in [1.165, 1.54) is 4.90 Å². The largest absolute Gasteiger partial charge is 0.475 e. The molecule has 2 fully saturated rings. The van der Waals surface area contributed by atoms with Gasteiger partial charge in [0.1, 0.15) is 11.6 Å². The van der Waals surface area contributed by atoms with Crippen LogP contribution in [0.3, 0.4) is 0 Å². The number of nitrogens with zero attached hydrogens (tertiary/aromatic N) is 1. The van der Waals surface area contributed by atoms with E-state index < -0.39 is 46.5 Å². The molecule has 3 atom stereocenters.